The lowest BCUT2D eigenvalue weighted by Gasteiger charge is -2.15. The lowest BCUT2D eigenvalue weighted by atomic mass is 10.1. The van der Waals surface area contributed by atoms with Crippen molar-refractivity contribution in [3.8, 4) is 0 Å². The molecule has 1 N–H and O–H groups in total. The van der Waals surface area contributed by atoms with E-state index >= 15 is 0 Å². The average Bonchev–Trinajstić information content (AvgIpc) is 3.00. The predicted octanol–water partition coefficient (Wildman–Crippen LogP) is 6.03. The van der Waals surface area contributed by atoms with Gasteiger partial charge in [0.05, 0.1) is 5.69 Å². The van der Waals surface area contributed by atoms with Crippen LogP contribution in [0, 0.1) is 5.82 Å². The average molecular weight is 453 g/mol. The molecule has 0 saturated heterocycles. The Hall–Kier alpha value is -3.09. The van der Waals surface area contributed by atoms with E-state index in [-0.39, 0.29) is 10.6 Å². The molecule has 31 heavy (non-hydrogen) atoms. The number of aryl methyl sites for hydroxylation is 1. The molecule has 0 radical (unpaired) electrons. The van der Waals surface area contributed by atoms with Gasteiger partial charge in [-0.1, -0.05) is 48.5 Å². The SMILES string of the molecule is CCc1ccccc1NC1=C(Sc2ccc(Cl)cc2)C(=O)N(c2ccc(F)cc2)C1=O. The van der Waals surface area contributed by atoms with Gasteiger partial charge in [0.25, 0.3) is 11.8 Å². The lowest BCUT2D eigenvalue weighted by molar-refractivity contribution is -0.120. The van der Waals surface area contributed by atoms with Gasteiger partial charge in [0.2, 0.25) is 0 Å². The molecule has 0 saturated carbocycles. The Morgan fingerprint density at radius 2 is 1.61 bits per heavy atom. The van der Waals surface area contributed by atoms with Crippen molar-refractivity contribution in [2.24, 2.45) is 0 Å². The van der Waals surface area contributed by atoms with Crippen molar-refractivity contribution in [1.29, 1.82) is 0 Å². The molecule has 0 fully saturated rings. The zero-order valence-electron chi connectivity index (χ0n) is 16.6. The summed E-state index contributed by atoms with van der Waals surface area (Å²) in [6, 6.07) is 19.9. The molecular weight excluding hydrogens is 435 g/mol. The van der Waals surface area contributed by atoms with Crippen LogP contribution < -0.4 is 10.2 Å². The maximum atomic E-state index is 13.4. The maximum absolute atomic E-state index is 13.4. The third-order valence-electron chi connectivity index (χ3n) is 4.82. The van der Waals surface area contributed by atoms with Crippen LogP contribution in [0.2, 0.25) is 5.02 Å². The fraction of sp³-hybridized carbons (Fsp3) is 0.0833. The number of halogens is 2. The third kappa shape index (κ3) is 4.36. The third-order valence-corrected chi connectivity index (χ3v) is 6.16. The Balaban J connectivity index is 1.76. The number of thioether (sulfide) groups is 1. The van der Waals surface area contributed by atoms with Gasteiger partial charge in [-0.05, 0) is 66.6 Å². The number of para-hydroxylation sites is 1. The van der Waals surface area contributed by atoms with Crippen molar-refractivity contribution in [3.05, 3.63) is 99.8 Å². The van der Waals surface area contributed by atoms with E-state index in [0.717, 1.165) is 27.5 Å². The topological polar surface area (TPSA) is 49.4 Å². The maximum Gasteiger partial charge on any atom is 0.283 e. The first kappa shape index (κ1) is 21.2. The number of rotatable bonds is 6. The van der Waals surface area contributed by atoms with Gasteiger partial charge in [0.15, 0.2) is 0 Å². The van der Waals surface area contributed by atoms with Crippen LogP contribution in [0.4, 0.5) is 15.8 Å². The predicted molar refractivity (Wildman–Crippen MR) is 123 cm³/mol. The van der Waals surface area contributed by atoms with Gasteiger partial charge < -0.3 is 5.32 Å². The molecule has 0 aromatic heterocycles. The highest BCUT2D eigenvalue weighted by Crippen LogP contribution is 2.38. The molecule has 4 rings (SSSR count). The summed E-state index contributed by atoms with van der Waals surface area (Å²) in [5, 5.41) is 3.76. The van der Waals surface area contributed by atoms with E-state index in [1.807, 2.05) is 31.2 Å². The van der Waals surface area contributed by atoms with Gasteiger partial charge in [0, 0.05) is 15.6 Å². The monoisotopic (exact) mass is 452 g/mol. The van der Waals surface area contributed by atoms with Crippen molar-refractivity contribution < 1.29 is 14.0 Å². The number of imide groups is 1. The molecule has 0 aliphatic carbocycles. The molecule has 7 heteroatoms. The Morgan fingerprint density at radius 1 is 0.935 bits per heavy atom. The highest BCUT2D eigenvalue weighted by molar-refractivity contribution is 8.04. The molecule has 1 heterocycles. The van der Waals surface area contributed by atoms with Crippen LogP contribution in [0.3, 0.4) is 0 Å². The van der Waals surface area contributed by atoms with Crippen LogP contribution >= 0.6 is 23.4 Å². The van der Waals surface area contributed by atoms with E-state index in [0.29, 0.717) is 10.7 Å². The summed E-state index contributed by atoms with van der Waals surface area (Å²) >= 11 is 7.16. The normalized spacial score (nSPS) is 13.8. The van der Waals surface area contributed by atoms with Crippen molar-refractivity contribution in [3.63, 3.8) is 0 Å². The first-order chi connectivity index (χ1) is 15.0. The Morgan fingerprint density at radius 3 is 2.29 bits per heavy atom. The first-order valence-electron chi connectivity index (χ1n) is 9.65. The lowest BCUT2D eigenvalue weighted by Crippen LogP contribution is -2.32. The van der Waals surface area contributed by atoms with Gasteiger partial charge in [-0.2, -0.15) is 0 Å². The standard InChI is InChI=1S/C24H18ClFN2O2S/c1-2-15-5-3-4-6-20(15)27-21-22(31-19-13-7-16(25)8-14-19)24(30)28(23(21)29)18-11-9-17(26)10-12-18/h3-14,27H,2H2,1H3. The quantitative estimate of drug-likeness (QED) is 0.464. The highest BCUT2D eigenvalue weighted by Gasteiger charge is 2.40. The van der Waals surface area contributed by atoms with E-state index < -0.39 is 17.6 Å². The Kier molecular flexibility index (Phi) is 6.11. The van der Waals surface area contributed by atoms with Crippen molar-refractivity contribution in [2.75, 3.05) is 10.2 Å². The zero-order chi connectivity index (χ0) is 22.0. The fourth-order valence-corrected chi connectivity index (χ4v) is 4.30. The van der Waals surface area contributed by atoms with Gasteiger partial charge in [0.1, 0.15) is 16.4 Å². The van der Waals surface area contributed by atoms with Gasteiger partial charge in [-0.25, -0.2) is 9.29 Å². The van der Waals surface area contributed by atoms with Crippen LogP contribution in [0.25, 0.3) is 0 Å². The number of benzene rings is 3. The van der Waals surface area contributed by atoms with E-state index in [2.05, 4.69) is 5.32 Å². The van der Waals surface area contributed by atoms with Crippen LogP contribution in [-0.4, -0.2) is 11.8 Å². The van der Waals surface area contributed by atoms with Gasteiger partial charge >= 0.3 is 0 Å². The van der Waals surface area contributed by atoms with E-state index in [9.17, 15) is 14.0 Å². The molecule has 156 valence electrons. The summed E-state index contributed by atoms with van der Waals surface area (Å²) in [4.78, 5) is 28.7. The minimum absolute atomic E-state index is 0.190. The van der Waals surface area contributed by atoms with Crippen molar-refractivity contribution in [2.45, 2.75) is 18.2 Å². The molecule has 3 aromatic carbocycles. The summed E-state index contributed by atoms with van der Waals surface area (Å²) < 4.78 is 13.4. The largest absolute Gasteiger partial charge is 0.350 e. The first-order valence-corrected chi connectivity index (χ1v) is 10.8. The highest BCUT2D eigenvalue weighted by atomic mass is 35.5. The summed E-state index contributed by atoms with van der Waals surface area (Å²) in [5.41, 5.74) is 2.28. The second kappa shape index (κ2) is 8.96. The number of nitrogens with one attached hydrogen (secondary N) is 1. The summed E-state index contributed by atoms with van der Waals surface area (Å²) in [6.07, 6.45) is 0.764. The second-order valence-electron chi connectivity index (χ2n) is 6.82. The van der Waals surface area contributed by atoms with Crippen molar-refractivity contribution >= 4 is 46.6 Å². The molecule has 2 amide bonds. The second-order valence-corrected chi connectivity index (χ2v) is 8.34. The molecule has 3 aromatic rings. The molecule has 1 aliphatic rings. The van der Waals surface area contributed by atoms with Crippen LogP contribution in [0.5, 0.6) is 0 Å². The van der Waals surface area contributed by atoms with Crippen LogP contribution in [0.1, 0.15) is 12.5 Å². The van der Waals surface area contributed by atoms with Crippen LogP contribution in [-0.2, 0) is 16.0 Å². The molecular formula is C24H18ClFN2O2S. The summed E-state index contributed by atoms with van der Waals surface area (Å²) in [6.45, 7) is 2.02. The summed E-state index contributed by atoms with van der Waals surface area (Å²) in [5.74, 6) is -1.39. The minimum atomic E-state index is -0.487. The number of hydrogen-bond acceptors (Lipinski definition) is 4. The zero-order valence-corrected chi connectivity index (χ0v) is 18.1. The minimum Gasteiger partial charge on any atom is -0.350 e. The Labute approximate surface area is 188 Å². The Bertz CT molecular complexity index is 1180. The molecule has 0 bridgehead atoms. The molecule has 4 nitrogen and oxygen atoms in total. The number of nitrogens with zero attached hydrogens (tertiary/aromatic N) is 1. The van der Waals surface area contributed by atoms with Gasteiger partial charge in [-0.3, -0.25) is 9.59 Å². The molecule has 0 unspecified atom stereocenters. The van der Waals surface area contributed by atoms with E-state index in [1.165, 1.54) is 36.0 Å². The number of carbonyl (C=O) groups is 2. The number of carbonyl (C=O) groups excluding carboxylic acids is 2. The van der Waals surface area contributed by atoms with Gasteiger partial charge in [-0.15, -0.1) is 0 Å². The number of anilines is 2. The molecule has 1 aliphatic heterocycles. The number of amides is 2. The number of hydrogen-bond donors (Lipinski definition) is 1. The summed E-state index contributed by atoms with van der Waals surface area (Å²) in [7, 11) is 0. The molecule has 0 atom stereocenters. The van der Waals surface area contributed by atoms with E-state index in [4.69, 9.17) is 11.6 Å². The van der Waals surface area contributed by atoms with E-state index in [1.54, 1.807) is 24.3 Å². The van der Waals surface area contributed by atoms with Crippen LogP contribution in [0.15, 0.2) is 88.3 Å². The van der Waals surface area contributed by atoms with Crippen molar-refractivity contribution in [1.82, 2.24) is 0 Å². The smallest absolute Gasteiger partial charge is 0.283 e. The molecule has 0 spiro atoms. The fourth-order valence-electron chi connectivity index (χ4n) is 3.24.